The predicted octanol–water partition coefficient (Wildman–Crippen LogP) is 3.78. The maximum Gasteiger partial charge on any atom is -0.0173 e. The zero-order chi connectivity index (χ0) is 8.36. The minimum atomic E-state index is 0.361. The summed E-state index contributed by atoms with van der Waals surface area (Å²) >= 11 is 0. The van der Waals surface area contributed by atoms with Gasteiger partial charge in [0.05, 0.1) is 0 Å². The highest BCUT2D eigenvalue weighted by Gasteiger charge is 2.13. The minimum Gasteiger partial charge on any atom is -0.0741 e. The van der Waals surface area contributed by atoms with E-state index < -0.39 is 0 Å². The average Bonchev–Trinajstić information content (AvgIpc) is 1.83. The number of rotatable bonds is 1. The van der Waals surface area contributed by atoms with Crippen LogP contribution in [-0.4, -0.2) is 0 Å². The Morgan fingerprint density at radius 2 is 1.50 bits per heavy atom. The standard InChI is InChI=1S/C10H20/c1-7-8(2)9(3)10(4,5)6/h7H2,1-6H3/b9-8+. The Morgan fingerprint density at radius 3 is 1.60 bits per heavy atom. The van der Waals surface area contributed by atoms with Crippen molar-refractivity contribution in [2.45, 2.75) is 48.0 Å². The second-order valence-corrected chi connectivity index (χ2v) is 4.01. The monoisotopic (exact) mass is 140 g/mol. The van der Waals surface area contributed by atoms with Crippen LogP contribution in [0.1, 0.15) is 48.0 Å². The Hall–Kier alpha value is -0.260. The summed E-state index contributed by atoms with van der Waals surface area (Å²) in [6.45, 7) is 13.5. The lowest BCUT2D eigenvalue weighted by Gasteiger charge is -2.22. The summed E-state index contributed by atoms with van der Waals surface area (Å²) in [5.41, 5.74) is 3.43. The van der Waals surface area contributed by atoms with Crippen LogP contribution in [-0.2, 0) is 0 Å². The molecule has 0 unspecified atom stereocenters. The summed E-state index contributed by atoms with van der Waals surface area (Å²) in [6, 6.07) is 0. The first-order valence-electron chi connectivity index (χ1n) is 4.06. The lowest BCUT2D eigenvalue weighted by Crippen LogP contribution is -2.08. The molecule has 60 valence electrons. The van der Waals surface area contributed by atoms with Crippen molar-refractivity contribution in [3.05, 3.63) is 11.1 Å². The molecule has 0 spiro atoms. The summed E-state index contributed by atoms with van der Waals surface area (Å²) in [6.07, 6.45) is 1.18. The van der Waals surface area contributed by atoms with Crippen molar-refractivity contribution in [2.75, 3.05) is 0 Å². The summed E-state index contributed by atoms with van der Waals surface area (Å²) in [4.78, 5) is 0. The van der Waals surface area contributed by atoms with Crippen molar-refractivity contribution in [2.24, 2.45) is 5.41 Å². The predicted molar refractivity (Wildman–Crippen MR) is 48.1 cm³/mol. The van der Waals surface area contributed by atoms with E-state index in [1.807, 2.05) is 0 Å². The van der Waals surface area contributed by atoms with Gasteiger partial charge >= 0.3 is 0 Å². The van der Waals surface area contributed by atoms with E-state index >= 15 is 0 Å². The van der Waals surface area contributed by atoms with Gasteiger partial charge in [-0.25, -0.2) is 0 Å². The zero-order valence-corrected chi connectivity index (χ0v) is 8.21. The molecule has 0 heterocycles. The Kier molecular flexibility index (Phi) is 3.14. The summed E-state index contributed by atoms with van der Waals surface area (Å²) < 4.78 is 0. The third-order valence-electron chi connectivity index (χ3n) is 2.30. The first-order chi connectivity index (χ1) is 4.39. The van der Waals surface area contributed by atoms with Gasteiger partial charge in [-0.1, -0.05) is 38.8 Å². The highest BCUT2D eigenvalue weighted by atomic mass is 14.2. The van der Waals surface area contributed by atoms with E-state index in [2.05, 4.69) is 41.5 Å². The van der Waals surface area contributed by atoms with E-state index in [0.29, 0.717) is 5.41 Å². The van der Waals surface area contributed by atoms with E-state index in [1.165, 1.54) is 17.6 Å². The number of hydrogen-bond acceptors (Lipinski definition) is 0. The smallest absolute Gasteiger partial charge is 0.0173 e. The van der Waals surface area contributed by atoms with Crippen LogP contribution in [0.3, 0.4) is 0 Å². The van der Waals surface area contributed by atoms with Crippen LogP contribution in [0.5, 0.6) is 0 Å². The lowest BCUT2D eigenvalue weighted by molar-refractivity contribution is 0.496. The maximum absolute atomic E-state index is 2.27. The third-order valence-corrected chi connectivity index (χ3v) is 2.30. The molecule has 0 amide bonds. The molecule has 0 saturated heterocycles. The summed E-state index contributed by atoms with van der Waals surface area (Å²) in [5, 5.41) is 0. The molecule has 10 heavy (non-hydrogen) atoms. The van der Waals surface area contributed by atoms with E-state index in [0.717, 1.165) is 0 Å². The molecule has 0 saturated carbocycles. The second kappa shape index (κ2) is 3.23. The van der Waals surface area contributed by atoms with E-state index in [-0.39, 0.29) is 0 Å². The van der Waals surface area contributed by atoms with Crippen molar-refractivity contribution in [3.63, 3.8) is 0 Å². The van der Waals surface area contributed by atoms with E-state index in [4.69, 9.17) is 0 Å². The van der Waals surface area contributed by atoms with Gasteiger partial charge in [-0.15, -0.1) is 0 Å². The average molecular weight is 140 g/mol. The molecule has 0 nitrogen and oxygen atoms in total. The van der Waals surface area contributed by atoms with Gasteiger partial charge in [0.2, 0.25) is 0 Å². The molecule has 0 aromatic carbocycles. The van der Waals surface area contributed by atoms with Crippen LogP contribution in [0, 0.1) is 5.41 Å². The van der Waals surface area contributed by atoms with Gasteiger partial charge in [-0.2, -0.15) is 0 Å². The molecule has 0 heteroatoms. The van der Waals surface area contributed by atoms with E-state index in [1.54, 1.807) is 0 Å². The molecule has 0 bridgehead atoms. The SMILES string of the molecule is CC/C(C)=C(\C)C(C)(C)C. The Balaban J connectivity index is 4.47. The van der Waals surface area contributed by atoms with Crippen molar-refractivity contribution in [1.82, 2.24) is 0 Å². The van der Waals surface area contributed by atoms with Crippen LogP contribution in [0.15, 0.2) is 11.1 Å². The topological polar surface area (TPSA) is 0 Å². The lowest BCUT2D eigenvalue weighted by atomic mass is 9.84. The van der Waals surface area contributed by atoms with Gasteiger partial charge in [-0.3, -0.25) is 0 Å². The first kappa shape index (κ1) is 9.74. The van der Waals surface area contributed by atoms with Crippen molar-refractivity contribution in [3.8, 4) is 0 Å². The summed E-state index contributed by atoms with van der Waals surface area (Å²) in [7, 11) is 0. The Bertz CT molecular complexity index is 133. The van der Waals surface area contributed by atoms with Crippen LogP contribution < -0.4 is 0 Å². The van der Waals surface area contributed by atoms with Crippen LogP contribution in [0.4, 0.5) is 0 Å². The fourth-order valence-electron chi connectivity index (χ4n) is 0.905. The normalized spacial score (nSPS) is 15.0. The Morgan fingerprint density at radius 1 is 1.10 bits per heavy atom. The molecule has 0 N–H and O–H groups in total. The minimum absolute atomic E-state index is 0.361. The van der Waals surface area contributed by atoms with Crippen LogP contribution in [0.25, 0.3) is 0 Å². The third kappa shape index (κ3) is 2.55. The van der Waals surface area contributed by atoms with Crippen LogP contribution in [0.2, 0.25) is 0 Å². The van der Waals surface area contributed by atoms with Crippen molar-refractivity contribution < 1.29 is 0 Å². The Labute approximate surface area is 65.3 Å². The second-order valence-electron chi connectivity index (χ2n) is 4.01. The number of allylic oxidation sites excluding steroid dienone is 2. The molecule has 0 rings (SSSR count). The maximum atomic E-state index is 2.27. The van der Waals surface area contributed by atoms with Gasteiger partial charge in [-0.05, 0) is 25.7 Å². The van der Waals surface area contributed by atoms with Crippen LogP contribution >= 0.6 is 0 Å². The largest absolute Gasteiger partial charge is 0.0741 e. The highest BCUT2D eigenvalue weighted by molar-refractivity contribution is 5.15. The van der Waals surface area contributed by atoms with Gasteiger partial charge in [0.25, 0.3) is 0 Å². The fourth-order valence-corrected chi connectivity index (χ4v) is 0.905. The van der Waals surface area contributed by atoms with Crippen molar-refractivity contribution in [1.29, 1.82) is 0 Å². The summed E-state index contributed by atoms with van der Waals surface area (Å²) in [5.74, 6) is 0. The zero-order valence-electron chi connectivity index (χ0n) is 8.21. The molecule has 0 aliphatic carbocycles. The van der Waals surface area contributed by atoms with Gasteiger partial charge in [0.1, 0.15) is 0 Å². The first-order valence-corrected chi connectivity index (χ1v) is 4.06. The van der Waals surface area contributed by atoms with Gasteiger partial charge in [0, 0.05) is 0 Å². The molecule has 0 aromatic rings. The quantitative estimate of drug-likeness (QED) is 0.486. The molecular weight excluding hydrogens is 120 g/mol. The molecule has 0 aromatic heterocycles. The molecule has 0 atom stereocenters. The molecular formula is C10H20. The van der Waals surface area contributed by atoms with Gasteiger partial charge < -0.3 is 0 Å². The molecule has 0 radical (unpaired) electrons. The number of hydrogen-bond donors (Lipinski definition) is 0. The molecule has 0 fully saturated rings. The fraction of sp³-hybridized carbons (Fsp3) is 0.800. The molecule has 0 aliphatic rings. The van der Waals surface area contributed by atoms with Crippen molar-refractivity contribution >= 4 is 0 Å². The van der Waals surface area contributed by atoms with E-state index in [9.17, 15) is 0 Å². The highest BCUT2D eigenvalue weighted by Crippen LogP contribution is 2.27. The molecule has 0 aliphatic heterocycles. The van der Waals surface area contributed by atoms with Gasteiger partial charge in [0.15, 0.2) is 0 Å².